The number of nitro benzene ring substituents is 1. The highest BCUT2D eigenvalue weighted by Gasteiger charge is 2.57. The van der Waals surface area contributed by atoms with Gasteiger partial charge in [0.25, 0.3) is 5.69 Å². The van der Waals surface area contributed by atoms with E-state index < -0.39 is 0 Å². The molecule has 2 atom stereocenters. The molecule has 152 valence electrons. The zero-order valence-electron chi connectivity index (χ0n) is 16.9. The average Bonchev–Trinajstić information content (AvgIpc) is 3.23. The Morgan fingerprint density at radius 3 is 2.79 bits per heavy atom. The summed E-state index contributed by atoms with van der Waals surface area (Å²) in [7, 11) is 1.80. The monoisotopic (exact) mass is 412 g/mol. The maximum atomic E-state index is 11.6. The number of fused-ring (bicyclic) bond motifs is 2. The summed E-state index contributed by atoms with van der Waals surface area (Å²) in [6.07, 6.45) is 7.86. The second-order valence-corrected chi connectivity index (χ2v) is 9.47. The van der Waals surface area contributed by atoms with Gasteiger partial charge in [-0.05, 0) is 42.0 Å². The van der Waals surface area contributed by atoms with Crippen molar-refractivity contribution in [3.63, 3.8) is 0 Å². The Balaban J connectivity index is 1.51. The molecule has 0 spiro atoms. The number of allylic oxidation sites excluding steroid dienone is 2. The molecule has 1 aromatic heterocycles. The SMILES string of the molecule is Cn1cnnc1Sc1ccc(C=NNC2=CC3CC[C@]2(C)C3(C)C)cc1[N+](=O)[O-]. The molecule has 1 fully saturated rings. The van der Waals surface area contributed by atoms with Gasteiger partial charge in [0.2, 0.25) is 0 Å². The Bertz CT molecular complexity index is 1030. The van der Waals surface area contributed by atoms with Crippen LogP contribution in [0, 0.1) is 26.9 Å². The fourth-order valence-electron chi connectivity index (χ4n) is 4.34. The van der Waals surface area contributed by atoms with Crippen molar-refractivity contribution in [3.8, 4) is 0 Å². The molecule has 8 nitrogen and oxygen atoms in total. The van der Waals surface area contributed by atoms with Crippen LogP contribution in [0.1, 0.15) is 39.2 Å². The van der Waals surface area contributed by atoms with Crippen molar-refractivity contribution < 1.29 is 4.92 Å². The fraction of sp³-hybridized carbons (Fsp3) is 0.450. The van der Waals surface area contributed by atoms with Crippen LogP contribution in [0.3, 0.4) is 0 Å². The predicted octanol–water partition coefficient (Wildman–Crippen LogP) is 4.14. The molecule has 2 aliphatic rings. The lowest BCUT2D eigenvalue weighted by Crippen LogP contribution is -2.33. The van der Waals surface area contributed by atoms with Gasteiger partial charge in [-0.2, -0.15) is 5.10 Å². The smallest absolute Gasteiger partial charge is 0.283 e. The van der Waals surface area contributed by atoms with Gasteiger partial charge in [-0.3, -0.25) is 15.5 Å². The van der Waals surface area contributed by atoms with Crippen molar-refractivity contribution in [2.45, 2.75) is 43.7 Å². The number of nitro groups is 1. The second kappa shape index (κ2) is 6.98. The largest absolute Gasteiger partial charge is 0.311 e. The average molecular weight is 413 g/mol. The molecule has 0 radical (unpaired) electrons. The van der Waals surface area contributed by atoms with E-state index in [0.29, 0.717) is 21.5 Å². The number of hydrogen-bond acceptors (Lipinski definition) is 7. The number of aromatic nitrogens is 3. The maximum absolute atomic E-state index is 11.6. The van der Waals surface area contributed by atoms with E-state index in [9.17, 15) is 10.1 Å². The van der Waals surface area contributed by atoms with Gasteiger partial charge < -0.3 is 4.57 Å². The lowest BCUT2D eigenvalue weighted by Gasteiger charge is -2.36. The van der Waals surface area contributed by atoms with E-state index in [2.05, 4.69) is 47.6 Å². The van der Waals surface area contributed by atoms with Crippen LogP contribution in [0.5, 0.6) is 0 Å². The summed E-state index contributed by atoms with van der Waals surface area (Å²) < 4.78 is 1.72. The third kappa shape index (κ3) is 3.23. The molecule has 2 aromatic rings. The lowest BCUT2D eigenvalue weighted by atomic mass is 9.69. The molecule has 1 N–H and O–H groups in total. The quantitative estimate of drug-likeness (QED) is 0.435. The number of benzene rings is 1. The van der Waals surface area contributed by atoms with Crippen LogP contribution in [0.15, 0.2) is 51.5 Å². The van der Waals surface area contributed by atoms with E-state index in [-0.39, 0.29) is 21.4 Å². The number of aryl methyl sites for hydroxylation is 1. The molecule has 2 bridgehead atoms. The fourth-order valence-corrected chi connectivity index (χ4v) is 5.19. The highest BCUT2D eigenvalue weighted by Crippen LogP contribution is 2.64. The number of hydrogen-bond donors (Lipinski definition) is 1. The van der Waals surface area contributed by atoms with E-state index >= 15 is 0 Å². The highest BCUT2D eigenvalue weighted by atomic mass is 32.2. The van der Waals surface area contributed by atoms with Crippen LogP contribution in [-0.2, 0) is 7.05 Å². The number of hydrazone groups is 1. The Kier molecular flexibility index (Phi) is 4.72. The number of nitrogens with one attached hydrogen (secondary N) is 1. The number of rotatable bonds is 6. The molecule has 1 heterocycles. The standard InChI is InChI=1S/C20H24N6O2S/c1-19(2)14-7-8-20(19,3)17(10-14)23-21-11-13-5-6-16(15(9-13)26(27)28)29-18-24-22-12-25(18)4/h5-6,9-12,14,23H,7-8H2,1-4H3/t14?,20-/m0/s1. The highest BCUT2D eigenvalue weighted by molar-refractivity contribution is 7.99. The first-order valence-corrected chi connectivity index (χ1v) is 10.4. The Morgan fingerprint density at radius 2 is 2.21 bits per heavy atom. The molecule has 2 aliphatic carbocycles. The summed E-state index contributed by atoms with van der Waals surface area (Å²) in [6, 6.07) is 5.07. The molecule has 0 aliphatic heterocycles. The molecule has 0 saturated heterocycles. The summed E-state index contributed by atoms with van der Waals surface area (Å²) in [5.41, 5.74) is 5.36. The molecule has 9 heteroatoms. The Morgan fingerprint density at radius 1 is 1.41 bits per heavy atom. The summed E-state index contributed by atoms with van der Waals surface area (Å²) in [5.74, 6) is 0.572. The zero-order valence-corrected chi connectivity index (χ0v) is 17.7. The van der Waals surface area contributed by atoms with Gasteiger partial charge in [0.05, 0.1) is 16.0 Å². The van der Waals surface area contributed by atoms with Gasteiger partial charge in [-0.1, -0.05) is 32.9 Å². The van der Waals surface area contributed by atoms with Gasteiger partial charge >= 0.3 is 0 Å². The Hall–Kier alpha value is -2.68. The van der Waals surface area contributed by atoms with Gasteiger partial charge in [0.1, 0.15) is 6.33 Å². The van der Waals surface area contributed by atoms with Crippen molar-refractivity contribution in [2.75, 3.05) is 0 Å². The lowest BCUT2D eigenvalue weighted by molar-refractivity contribution is -0.387. The van der Waals surface area contributed by atoms with Gasteiger partial charge in [-0.25, -0.2) is 0 Å². The minimum absolute atomic E-state index is 0.0224. The van der Waals surface area contributed by atoms with Gasteiger partial charge in [-0.15, -0.1) is 10.2 Å². The van der Waals surface area contributed by atoms with Crippen LogP contribution in [0.4, 0.5) is 5.69 Å². The molecule has 1 saturated carbocycles. The first kappa shape index (κ1) is 19.6. The normalized spacial score (nSPS) is 24.8. The topological polar surface area (TPSA) is 98.2 Å². The molecule has 1 unspecified atom stereocenters. The minimum atomic E-state index is -0.383. The van der Waals surface area contributed by atoms with Crippen LogP contribution < -0.4 is 5.43 Å². The Labute approximate surface area is 173 Å². The summed E-state index contributed by atoms with van der Waals surface area (Å²) in [6.45, 7) is 6.92. The van der Waals surface area contributed by atoms with E-state index in [1.54, 1.807) is 30.2 Å². The summed E-state index contributed by atoms with van der Waals surface area (Å²) >= 11 is 1.21. The van der Waals surface area contributed by atoms with Crippen molar-refractivity contribution >= 4 is 23.7 Å². The van der Waals surface area contributed by atoms with Crippen molar-refractivity contribution in [1.29, 1.82) is 0 Å². The summed E-state index contributed by atoms with van der Waals surface area (Å²) in [5, 5.41) is 24.3. The first-order chi connectivity index (χ1) is 13.7. The molecular formula is C20H24N6O2S. The van der Waals surface area contributed by atoms with Crippen molar-refractivity contribution in [3.05, 3.63) is 52.0 Å². The van der Waals surface area contributed by atoms with E-state index in [1.165, 1.54) is 24.2 Å². The van der Waals surface area contributed by atoms with Crippen molar-refractivity contribution in [1.82, 2.24) is 20.2 Å². The minimum Gasteiger partial charge on any atom is -0.311 e. The van der Waals surface area contributed by atoms with E-state index in [1.807, 2.05) is 6.07 Å². The molecule has 4 rings (SSSR count). The second-order valence-electron chi connectivity index (χ2n) is 8.46. The van der Waals surface area contributed by atoms with E-state index in [4.69, 9.17) is 0 Å². The summed E-state index contributed by atoms with van der Waals surface area (Å²) in [4.78, 5) is 11.7. The van der Waals surface area contributed by atoms with Crippen LogP contribution in [-0.4, -0.2) is 25.9 Å². The predicted molar refractivity (Wildman–Crippen MR) is 112 cm³/mol. The third-order valence-corrected chi connectivity index (χ3v) is 7.83. The molecule has 0 amide bonds. The number of nitrogens with zero attached hydrogens (tertiary/aromatic N) is 5. The molecule has 29 heavy (non-hydrogen) atoms. The van der Waals surface area contributed by atoms with E-state index in [0.717, 1.165) is 12.1 Å². The molecular weight excluding hydrogens is 388 g/mol. The van der Waals surface area contributed by atoms with Gasteiger partial charge in [0.15, 0.2) is 5.16 Å². The third-order valence-electron chi connectivity index (χ3n) is 6.72. The van der Waals surface area contributed by atoms with Crippen LogP contribution >= 0.6 is 11.8 Å². The molecule has 1 aromatic carbocycles. The van der Waals surface area contributed by atoms with Crippen LogP contribution in [0.2, 0.25) is 0 Å². The zero-order chi connectivity index (χ0) is 20.8. The van der Waals surface area contributed by atoms with Crippen LogP contribution in [0.25, 0.3) is 0 Å². The van der Waals surface area contributed by atoms with Crippen molar-refractivity contribution in [2.24, 2.45) is 28.9 Å². The first-order valence-electron chi connectivity index (χ1n) is 9.54. The van der Waals surface area contributed by atoms with Gasteiger partial charge in [0, 0.05) is 29.8 Å². The maximum Gasteiger partial charge on any atom is 0.283 e.